The molecule has 0 saturated carbocycles. The highest BCUT2D eigenvalue weighted by Gasteiger charge is 1.92. The molecule has 0 fully saturated rings. The van der Waals surface area contributed by atoms with Crippen molar-refractivity contribution in [2.24, 2.45) is 0 Å². The van der Waals surface area contributed by atoms with Crippen LogP contribution in [0.3, 0.4) is 0 Å². The van der Waals surface area contributed by atoms with Gasteiger partial charge in [-0.1, -0.05) is 33.6 Å². The van der Waals surface area contributed by atoms with Gasteiger partial charge < -0.3 is 10.6 Å². The third-order valence-corrected chi connectivity index (χ3v) is 2.29. The molecule has 0 aliphatic heterocycles. The molecule has 0 saturated heterocycles. The second kappa shape index (κ2) is 11.0. The largest absolute Gasteiger partial charge is 0.317 e. The van der Waals surface area contributed by atoms with Crippen molar-refractivity contribution in [1.82, 2.24) is 10.6 Å². The molecule has 0 bridgehead atoms. The van der Waals surface area contributed by atoms with Crippen molar-refractivity contribution < 1.29 is 0 Å². The van der Waals surface area contributed by atoms with Gasteiger partial charge in [0.05, 0.1) is 0 Å². The van der Waals surface area contributed by atoms with Gasteiger partial charge in [0.1, 0.15) is 0 Å². The first-order valence-corrected chi connectivity index (χ1v) is 6.21. The highest BCUT2D eigenvalue weighted by molar-refractivity contribution is 4.54. The molecule has 0 aromatic carbocycles. The summed E-state index contributed by atoms with van der Waals surface area (Å²) in [6, 6.07) is 0.637. The van der Waals surface area contributed by atoms with E-state index in [1.165, 1.54) is 51.7 Å². The molecule has 0 radical (unpaired) electrons. The molecular formula is C12H28N2. The fraction of sp³-hybridized carbons (Fsp3) is 1.00. The summed E-state index contributed by atoms with van der Waals surface area (Å²) in [5, 5.41) is 6.90. The van der Waals surface area contributed by atoms with Crippen molar-refractivity contribution in [3.63, 3.8) is 0 Å². The molecule has 0 aromatic rings. The third kappa shape index (κ3) is 11.9. The first kappa shape index (κ1) is 13.9. The number of unbranched alkanes of at least 4 members (excludes halogenated alkanes) is 3. The van der Waals surface area contributed by atoms with Crippen LogP contribution in [-0.4, -0.2) is 25.7 Å². The molecule has 0 atom stereocenters. The van der Waals surface area contributed by atoms with Gasteiger partial charge in [0.25, 0.3) is 0 Å². The fourth-order valence-corrected chi connectivity index (χ4v) is 1.37. The minimum Gasteiger partial charge on any atom is -0.317 e. The van der Waals surface area contributed by atoms with E-state index in [4.69, 9.17) is 0 Å². The highest BCUT2D eigenvalue weighted by Crippen LogP contribution is 1.93. The summed E-state index contributed by atoms with van der Waals surface area (Å²) >= 11 is 0. The van der Waals surface area contributed by atoms with Gasteiger partial charge in [-0.3, -0.25) is 0 Å². The van der Waals surface area contributed by atoms with E-state index in [-0.39, 0.29) is 0 Å². The zero-order valence-electron chi connectivity index (χ0n) is 10.2. The van der Waals surface area contributed by atoms with Crippen LogP contribution < -0.4 is 10.6 Å². The third-order valence-electron chi connectivity index (χ3n) is 2.29. The van der Waals surface area contributed by atoms with Crippen molar-refractivity contribution in [1.29, 1.82) is 0 Å². The maximum atomic E-state index is 3.47. The summed E-state index contributed by atoms with van der Waals surface area (Å²) < 4.78 is 0. The Hall–Kier alpha value is -0.0800. The Morgan fingerprint density at radius 1 is 0.857 bits per heavy atom. The number of rotatable bonds is 10. The molecule has 0 rings (SSSR count). The van der Waals surface area contributed by atoms with E-state index in [0.717, 1.165) is 0 Å². The summed E-state index contributed by atoms with van der Waals surface area (Å²) in [5.74, 6) is 0. The van der Waals surface area contributed by atoms with E-state index < -0.39 is 0 Å². The predicted molar refractivity (Wildman–Crippen MR) is 64.8 cm³/mol. The van der Waals surface area contributed by atoms with Crippen LogP contribution in [0.25, 0.3) is 0 Å². The summed E-state index contributed by atoms with van der Waals surface area (Å²) in [4.78, 5) is 0. The van der Waals surface area contributed by atoms with Gasteiger partial charge >= 0.3 is 0 Å². The van der Waals surface area contributed by atoms with Crippen LogP contribution in [0.1, 0.15) is 52.9 Å². The maximum Gasteiger partial charge on any atom is 0.00103 e. The van der Waals surface area contributed by atoms with Crippen LogP contribution >= 0.6 is 0 Å². The Bertz CT molecular complexity index is 102. The van der Waals surface area contributed by atoms with Crippen LogP contribution in [0, 0.1) is 0 Å². The molecule has 2 N–H and O–H groups in total. The summed E-state index contributed by atoms with van der Waals surface area (Å²) in [6.45, 7) is 10.2. The lowest BCUT2D eigenvalue weighted by Crippen LogP contribution is -2.23. The molecule has 0 amide bonds. The van der Waals surface area contributed by atoms with Crippen molar-refractivity contribution >= 4 is 0 Å². The van der Waals surface area contributed by atoms with Gasteiger partial charge in [0, 0.05) is 6.04 Å². The summed E-state index contributed by atoms with van der Waals surface area (Å²) in [7, 11) is 0. The quantitative estimate of drug-likeness (QED) is 0.530. The lowest BCUT2D eigenvalue weighted by Gasteiger charge is -2.07. The van der Waals surface area contributed by atoms with E-state index >= 15 is 0 Å². The minimum absolute atomic E-state index is 0.637. The Morgan fingerprint density at radius 2 is 1.50 bits per heavy atom. The lowest BCUT2D eigenvalue weighted by atomic mass is 10.2. The van der Waals surface area contributed by atoms with Gasteiger partial charge in [-0.05, 0) is 38.9 Å². The molecule has 2 nitrogen and oxygen atoms in total. The smallest absolute Gasteiger partial charge is 0.00103 e. The van der Waals surface area contributed by atoms with Crippen molar-refractivity contribution in [2.45, 2.75) is 58.9 Å². The topological polar surface area (TPSA) is 24.1 Å². The molecule has 0 aliphatic rings. The molecule has 14 heavy (non-hydrogen) atoms. The zero-order valence-corrected chi connectivity index (χ0v) is 10.2. The molecule has 0 spiro atoms. The van der Waals surface area contributed by atoms with Crippen molar-refractivity contribution in [3.8, 4) is 0 Å². The first-order chi connectivity index (χ1) is 6.77. The standard InChI is InChI=1S/C12H28N2/c1-4-5-9-13-10-7-6-8-11-14-12(2)3/h12-14H,4-11H2,1-3H3. The maximum absolute atomic E-state index is 3.47. The summed E-state index contributed by atoms with van der Waals surface area (Å²) in [6.07, 6.45) is 6.59. The predicted octanol–water partition coefficient (Wildman–Crippen LogP) is 2.54. The van der Waals surface area contributed by atoms with Crippen molar-refractivity contribution in [2.75, 3.05) is 19.6 Å². The molecule has 86 valence electrons. The lowest BCUT2D eigenvalue weighted by molar-refractivity contribution is 0.534. The first-order valence-electron chi connectivity index (χ1n) is 6.21. The average Bonchev–Trinajstić information content (AvgIpc) is 2.15. The molecule has 0 aromatic heterocycles. The Balaban J connectivity index is 2.85. The second-order valence-corrected chi connectivity index (χ2v) is 4.27. The monoisotopic (exact) mass is 200 g/mol. The number of nitrogens with one attached hydrogen (secondary N) is 2. The average molecular weight is 200 g/mol. The van der Waals surface area contributed by atoms with E-state index in [2.05, 4.69) is 31.4 Å². The Morgan fingerprint density at radius 3 is 2.14 bits per heavy atom. The normalized spacial score (nSPS) is 11.1. The molecule has 0 aliphatic carbocycles. The number of hydrogen-bond acceptors (Lipinski definition) is 2. The van der Waals surface area contributed by atoms with Crippen molar-refractivity contribution in [3.05, 3.63) is 0 Å². The second-order valence-electron chi connectivity index (χ2n) is 4.27. The minimum atomic E-state index is 0.637. The van der Waals surface area contributed by atoms with E-state index in [1.807, 2.05) is 0 Å². The van der Waals surface area contributed by atoms with Gasteiger partial charge in [-0.25, -0.2) is 0 Å². The number of hydrogen-bond donors (Lipinski definition) is 2. The van der Waals surface area contributed by atoms with Gasteiger partial charge in [0.15, 0.2) is 0 Å². The SMILES string of the molecule is CCCCNCCCCCNC(C)C. The molecular weight excluding hydrogens is 172 g/mol. The molecule has 2 heteroatoms. The molecule has 0 unspecified atom stereocenters. The van der Waals surface area contributed by atoms with E-state index in [9.17, 15) is 0 Å². The zero-order chi connectivity index (χ0) is 10.6. The Kier molecular flexibility index (Phi) is 10.9. The Labute approximate surface area is 89.9 Å². The van der Waals surface area contributed by atoms with Crippen LogP contribution in [0.2, 0.25) is 0 Å². The van der Waals surface area contributed by atoms with Crippen LogP contribution in [0.5, 0.6) is 0 Å². The van der Waals surface area contributed by atoms with E-state index in [0.29, 0.717) is 6.04 Å². The van der Waals surface area contributed by atoms with Crippen LogP contribution in [0.4, 0.5) is 0 Å². The van der Waals surface area contributed by atoms with Gasteiger partial charge in [-0.2, -0.15) is 0 Å². The van der Waals surface area contributed by atoms with Gasteiger partial charge in [0.2, 0.25) is 0 Å². The summed E-state index contributed by atoms with van der Waals surface area (Å²) in [5.41, 5.74) is 0. The molecule has 0 heterocycles. The highest BCUT2D eigenvalue weighted by atomic mass is 14.9. The van der Waals surface area contributed by atoms with E-state index in [1.54, 1.807) is 0 Å². The van der Waals surface area contributed by atoms with Gasteiger partial charge in [-0.15, -0.1) is 0 Å². The van der Waals surface area contributed by atoms with Crippen LogP contribution in [-0.2, 0) is 0 Å². The fourth-order valence-electron chi connectivity index (χ4n) is 1.37. The van der Waals surface area contributed by atoms with Crippen LogP contribution in [0.15, 0.2) is 0 Å².